The molecular formula is C12H18O2. The number of hydrogen-bond donors (Lipinski definition) is 1. The fourth-order valence-electron chi connectivity index (χ4n) is 1.15. The van der Waals surface area contributed by atoms with Crippen LogP contribution >= 0.6 is 0 Å². The molecular weight excluding hydrogens is 176 g/mol. The van der Waals surface area contributed by atoms with Crippen molar-refractivity contribution in [3.63, 3.8) is 0 Å². The zero-order chi connectivity index (χ0) is 9.68. The van der Waals surface area contributed by atoms with E-state index in [0.29, 0.717) is 6.42 Å². The van der Waals surface area contributed by atoms with Gasteiger partial charge in [-0.2, -0.15) is 0 Å². The van der Waals surface area contributed by atoms with Gasteiger partial charge in [-0.1, -0.05) is 44.7 Å². The molecule has 1 rings (SSSR count). The summed E-state index contributed by atoms with van der Waals surface area (Å²) in [7, 11) is 0. The molecule has 1 N–H and O–H groups in total. The van der Waals surface area contributed by atoms with Crippen LogP contribution in [-0.4, -0.2) is 11.1 Å². The molecule has 2 heteroatoms. The molecule has 14 heavy (non-hydrogen) atoms. The highest BCUT2D eigenvalue weighted by molar-refractivity contribution is 5.69. The highest BCUT2D eigenvalue weighted by Gasteiger charge is 2.09. The standard InChI is InChI=1S/C11H14O2.CH4/c1-9(11(12)13)7-8-10-5-3-2-4-6-10;/h2-6,9H,7-8H2,1H3,(H,12,13);1H4/t9-;/m0./s1. The number of aliphatic carboxylic acids is 1. The maximum absolute atomic E-state index is 10.5. The molecule has 0 aliphatic carbocycles. The van der Waals surface area contributed by atoms with E-state index in [0.717, 1.165) is 6.42 Å². The molecule has 0 heterocycles. The fourth-order valence-corrected chi connectivity index (χ4v) is 1.15. The van der Waals surface area contributed by atoms with Gasteiger partial charge in [0.25, 0.3) is 0 Å². The molecule has 0 aliphatic heterocycles. The second-order valence-electron chi connectivity index (χ2n) is 3.26. The molecule has 0 aliphatic rings. The lowest BCUT2D eigenvalue weighted by molar-refractivity contribution is -0.141. The summed E-state index contributed by atoms with van der Waals surface area (Å²) in [4.78, 5) is 10.5. The average Bonchev–Trinajstić information content (AvgIpc) is 2.15. The lowest BCUT2D eigenvalue weighted by Crippen LogP contribution is -2.10. The van der Waals surface area contributed by atoms with Crippen LogP contribution in [0, 0.1) is 5.92 Å². The van der Waals surface area contributed by atoms with Gasteiger partial charge in [-0.3, -0.25) is 4.79 Å². The van der Waals surface area contributed by atoms with Gasteiger partial charge in [0.15, 0.2) is 0 Å². The maximum atomic E-state index is 10.5. The molecule has 0 amide bonds. The van der Waals surface area contributed by atoms with E-state index in [2.05, 4.69) is 0 Å². The second kappa shape index (κ2) is 6.19. The molecule has 78 valence electrons. The monoisotopic (exact) mass is 194 g/mol. The van der Waals surface area contributed by atoms with Crippen LogP contribution in [0.5, 0.6) is 0 Å². The molecule has 1 aromatic carbocycles. The predicted octanol–water partition coefficient (Wildman–Crippen LogP) is 2.98. The number of aryl methyl sites for hydroxylation is 1. The number of carbonyl (C=O) groups is 1. The van der Waals surface area contributed by atoms with Crippen LogP contribution in [0.4, 0.5) is 0 Å². The van der Waals surface area contributed by atoms with Crippen molar-refractivity contribution in [2.75, 3.05) is 0 Å². The van der Waals surface area contributed by atoms with Crippen LogP contribution in [0.3, 0.4) is 0 Å². The van der Waals surface area contributed by atoms with Gasteiger partial charge in [0.2, 0.25) is 0 Å². The molecule has 0 saturated heterocycles. The van der Waals surface area contributed by atoms with Crippen molar-refractivity contribution in [1.82, 2.24) is 0 Å². The van der Waals surface area contributed by atoms with E-state index in [4.69, 9.17) is 5.11 Å². The fraction of sp³-hybridized carbons (Fsp3) is 0.417. The molecule has 0 radical (unpaired) electrons. The lowest BCUT2D eigenvalue weighted by Gasteiger charge is -2.05. The van der Waals surface area contributed by atoms with Gasteiger partial charge in [-0.15, -0.1) is 0 Å². The minimum atomic E-state index is -0.712. The van der Waals surface area contributed by atoms with Crippen LogP contribution in [0.25, 0.3) is 0 Å². The first-order chi connectivity index (χ1) is 6.20. The summed E-state index contributed by atoms with van der Waals surface area (Å²) in [6, 6.07) is 9.95. The van der Waals surface area contributed by atoms with E-state index >= 15 is 0 Å². The first-order valence-corrected chi connectivity index (χ1v) is 4.47. The molecule has 0 saturated carbocycles. The summed E-state index contributed by atoms with van der Waals surface area (Å²) < 4.78 is 0. The Morgan fingerprint density at radius 3 is 2.43 bits per heavy atom. The number of benzene rings is 1. The Labute approximate surface area is 85.6 Å². The smallest absolute Gasteiger partial charge is 0.306 e. The summed E-state index contributed by atoms with van der Waals surface area (Å²) in [5.41, 5.74) is 1.20. The molecule has 0 aromatic heterocycles. The van der Waals surface area contributed by atoms with E-state index in [1.807, 2.05) is 30.3 Å². The van der Waals surface area contributed by atoms with Crippen LogP contribution in [0.2, 0.25) is 0 Å². The minimum absolute atomic E-state index is 0. The Bertz CT molecular complexity index is 267. The van der Waals surface area contributed by atoms with Crippen molar-refractivity contribution in [2.24, 2.45) is 5.92 Å². The highest BCUT2D eigenvalue weighted by atomic mass is 16.4. The van der Waals surface area contributed by atoms with Gasteiger partial charge in [0, 0.05) is 0 Å². The van der Waals surface area contributed by atoms with Crippen molar-refractivity contribution in [3.05, 3.63) is 35.9 Å². The quantitative estimate of drug-likeness (QED) is 0.800. The van der Waals surface area contributed by atoms with Crippen molar-refractivity contribution in [1.29, 1.82) is 0 Å². The number of carboxylic acids is 1. The Balaban J connectivity index is 0.00000169. The topological polar surface area (TPSA) is 37.3 Å². The van der Waals surface area contributed by atoms with Crippen LogP contribution in [-0.2, 0) is 11.2 Å². The Morgan fingerprint density at radius 2 is 1.93 bits per heavy atom. The molecule has 0 unspecified atom stereocenters. The van der Waals surface area contributed by atoms with Crippen LogP contribution in [0.1, 0.15) is 26.3 Å². The van der Waals surface area contributed by atoms with Gasteiger partial charge in [0.1, 0.15) is 0 Å². The first kappa shape index (κ1) is 12.7. The zero-order valence-corrected chi connectivity index (χ0v) is 7.73. The summed E-state index contributed by atoms with van der Waals surface area (Å²) >= 11 is 0. The maximum Gasteiger partial charge on any atom is 0.306 e. The second-order valence-corrected chi connectivity index (χ2v) is 3.26. The van der Waals surface area contributed by atoms with Crippen molar-refractivity contribution < 1.29 is 9.90 Å². The van der Waals surface area contributed by atoms with Crippen molar-refractivity contribution in [2.45, 2.75) is 27.2 Å². The molecule has 1 aromatic rings. The number of rotatable bonds is 4. The molecule has 0 bridgehead atoms. The summed E-state index contributed by atoms with van der Waals surface area (Å²) in [5, 5.41) is 8.66. The molecule has 2 nitrogen and oxygen atoms in total. The first-order valence-electron chi connectivity index (χ1n) is 4.47. The Morgan fingerprint density at radius 1 is 1.36 bits per heavy atom. The zero-order valence-electron chi connectivity index (χ0n) is 7.73. The van der Waals surface area contributed by atoms with E-state index in [1.165, 1.54) is 5.56 Å². The Kier molecular flexibility index (Phi) is 5.61. The SMILES string of the molecule is C.C[C@@H](CCc1ccccc1)C(=O)O. The third-order valence-electron chi connectivity index (χ3n) is 2.13. The highest BCUT2D eigenvalue weighted by Crippen LogP contribution is 2.09. The van der Waals surface area contributed by atoms with Crippen LogP contribution < -0.4 is 0 Å². The van der Waals surface area contributed by atoms with E-state index in [-0.39, 0.29) is 13.3 Å². The van der Waals surface area contributed by atoms with E-state index < -0.39 is 5.97 Å². The van der Waals surface area contributed by atoms with Gasteiger partial charge in [-0.25, -0.2) is 0 Å². The van der Waals surface area contributed by atoms with Gasteiger partial charge in [-0.05, 0) is 18.4 Å². The normalized spacial score (nSPS) is 11.5. The molecule has 0 spiro atoms. The van der Waals surface area contributed by atoms with Crippen molar-refractivity contribution >= 4 is 5.97 Å². The Hall–Kier alpha value is -1.31. The van der Waals surface area contributed by atoms with Crippen molar-refractivity contribution in [3.8, 4) is 0 Å². The largest absolute Gasteiger partial charge is 0.481 e. The van der Waals surface area contributed by atoms with Crippen LogP contribution in [0.15, 0.2) is 30.3 Å². The minimum Gasteiger partial charge on any atom is -0.481 e. The predicted molar refractivity (Wildman–Crippen MR) is 58.3 cm³/mol. The van der Waals surface area contributed by atoms with Gasteiger partial charge < -0.3 is 5.11 Å². The average molecular weight is 194 g/mol. The van der Waals surface area contributed by atoms with E-state index in [1.54, 1.807) is 6.92 Å². The number of hydrogen-bond acceptors (Lipinski definition) is 1. The van der Waals surface area contributed by atoms with Gasteiger partial charge >= 0.3 is 5.97 Å². The summed E-state index contributed by atoms with van der Waals surface area (Å²) in [5.74, 6) is -0.962. The third kappa shape index (κ3) is 4.08. The third-order valence-corrected chi connectivity index (χ3v) is 2.13. The lowest BCUT2D eigenvalue weighted by atomic mass is 10.0. The van der Waals surface area contributed by atoms with E-state index in [9.17, 15) is 4.79 Å². The summed E-state index contributed by atoms with van der Waals surface area (Å²) in [6.07, 6.45) is 1.55. The summed E-state index contributed by atoms with van der Waals surface area (Å²) in [6.45, 7) is 1.74. The van der Waals surface area contributed by atoms with Gasteiger partial charge in [0.05, 0.1) is 5.92 Å². The number of carboxylic acid groups (broad SMARTS) is 1. The molecule has 1 atom stereocenters. The molecule has 0 fully saturated rings.